The third-order valence-electron chi connectivity index (χ3n) is 5.41. The van der Waals surface area contributed by atoms with Crippen LogP contribution in [0.15, 0.2) is 93.9 Å². The number of halogens is 1. The van der Waals surface area contributed by atoms with Gasteiger partial charge in [0.05, 0.1) is 18.5 Å². The van der Waals surface area contributed by atoms with Crippen molar-refractivity contribution in [3.05, 3.63) is 111 Å². The summed E-state index contributed by atoms with van der Waals surface area (Å²) in [5.74, 6) is -0.782. The molecule has 11 heteroatoms. The number of hydrogen-bond donors (Lipinski definition) is 2. The number of thiophene rings is 1. The van der Waals surface area contributed by atoms with Crippen molar-refractivity contribution in [1.82, 2.24) is 0 Å². The number of sulfonamides is 1. The molecule has 0 atom stereocenters. The molecule has 0 unspecified atom stereocenters. The Morgan fingerprint density at radius 2 is 1.75 bits per heavy atom. The Hall–Kier alpha value is -3.86. The van der Waals surface area contributed by atoms with Gasteiger partial charge in [0.15, 0.2) is 10.7 Å². The highest BCUT2D eigenvalue weighted by Gasteiger charge is 2.41. The van der Waals surface area contributed by atoms with Crippen LogP contribution in [0.3, 0.4) is 0 Å². The predicted octanol–water partition coefficient (Wildman–Crippen LogP) is 5.73. The molecule has 1 amide bonds. The molecule has 0 bridgehead atoms. The minimum absolute atomic E-state index is 0.0535. The third kappa shape index (κ3) is 4.66. The monoisotopic (exact) mass is 539 g/mol. The van der Waals surface area contributed by atoms with Crippen LogP contribution in [0, 0.1) is 0 Å². The summed E-state index contributed by atoms with van der Waals surface area (Å²) in [6, 6.07) is 18.2. The van der Waals surface area contributed by atoms with Crippen molar-refractivity contribution < 1.29 is 22.4 Å². The maximum atomic E-state index is 13.5. The number of carbonyl (C=O) groups excluding carboxylic acids is 2. The number of rotatable bonds is 6. The van der Waals surface area contributed by atoms with Crippen molar-refractivity contribution in [2.45, 2.75) is 6.54 Å². The average molecular weight is 540 g/mol. The Balaban J connectivity index is 1.38. The molecule has 1 aliphatic rings. The van der Waals surface area contributed by atoms with Crippen molar-refractivity contribution in [3.8, 4) is 0 Å². The fourth-order valence-electron chi connectivity index (χ4n) is 3.61. The average Bonchev–Trinajstić information content (AvgIpc) is 3.57. The van der Waals surface area contributed by atoms with Crippen LogP contribution in [0.25, 0.3) is 0 Å². The van der Waals surface area contributed by atoms with E-state index in [1.54, 1.807) is 72.1 Å². The zero-order valence-corrected chi connectivity index (χ0v) is 20.9. The van der Waals surface area contributed by atoms with Crippen LogP contribution >= 0.6 is 22.9 Å². The van der Waals surface area contributed by atoms with Crippen molar-refractivity contribution in [2.75, 3.05) is 14.9 Å². The smallest absolute Gasteiger partial charge is 0.291 e. The fourth-order valence-corrected chi connectivity index (χ4v) is 6.22. The summed E-state index contributed by atoms with van der Waals surface area (Å²) in [5, 5.41) is 7.83. The van der Waals surface area contributed by atoms with E-state index in [1.165, 1.54) is 28.1 Å². The first-order valence-electron chi connectivity index (χ1n) is 10.6. The van der Waals surface area contributed by atoms with Crippen molar-refractivity contribution in [3.63, 3.8) is 0 Å². The van der Waals surface area contributed by atoms with Gasteiger partial charge in [-0.2, -0.15) is 0 Å². The standard InChI is InChI=1S/C25H18ClN3O5S2/c26-17-5-3-16(4-6-17)15-29-20-11-13-35-24(20)23(30)22(36(29,32)33)14-27-18-7-9-19(10-8-18)28-25(31)21-2-1-12-34-21/h1-14,27H,15H2,(H,28,31). The maximum Gasteiger partial charge on any atom is 0.291 e. The summed E-state index contributed by atoms with van der Waals surface area (Å²) in [6.45, 7) is 0.0535. The minimum Gasteiger partial charge on any atom is -0.459 e. The van der Waals surface area contributed by atoms with Crippen LogP contribution in [0.2, 0.25) is 5.02 Å². The largest absolute Gasteiger partial charge is 0.459 e. The van der Waals surface area contributed by atoms with Gasteiger partial charge in [-0.1, -0.05) is 23.7 Å². The molecular weight excluding hydrogens is 522 g/mol. The molecule has 0 saturated carbocycles. The number of benzene rings is 2. The van der Waals surface area contributed by atoms with Crippen LogP contribution in [0.4, 0.5) is 17.1 Å². The molecule has 8 nitrogen and oxygen atoms in total. The van der Waals surface area contributed by atoms with Crippen LogP contribution in [0.1, 0.15) is 25.8 Å². The molecule has 0 spiro atoms. The molecule has 0 aliphatic carbocycles. The Morgan fingerprint density at radius 3 is 2.44 bits per heavy atom. The first-order valence-corrected chi connectivity index (χ1v) is 13.3. The second kappa shape index (κ2) is 9.65. The first-order chi connectivity index (χ1) is 17.3. The molecule has 3 heterocycles. The zero-order valence-electron chi connectivity index (χ0n) is 18.5. The van der Waals surface area contributed by atoms with Gasteiger partial charge < -0.3 is 15.1 Å². The lowest BCUT2D eigenvalue weighted by atomic mass is 10.2. The van der Waals surface area contributed by atoms with E-state index in [9.17, 15) is 18.0 Å². The summed E-state index contributed by atoms with van der Waals surface area (Å²) in [5.41, 5.74) is 2.14. The summed E-state index contributed by atoms with van der Waals surface area (Å²) in [4.78, 5) is 25.2. The Kier molecular flexibility index (Phi) is 6.40. The van der Waals surface area contributed by atoms with Crippen LogP contribution in [-0.2, 0) is 16.6 Å². The van der Waals surface area contributed by atoms with E-state index >= 15 is 0 Å². The number of fused-ring (bicyclic) bond motifs is 1. The number of amides is 1. The van der Waals surface area contributed by atoms with Gasteiger partial charge in [-0.15, -0.1) is 11.3 Å². The molecule has 2 aromatic heterocycles. The topological polar surface area (TPSA) is 109 Å². The van der Waals surface area contributed by atoms with E-state index in [-0.39, 0.29) is 17.2 Å². The molecule has 4 aromatic rings. The molecule has 0 saturated heterocycles. The van der Waals surface area contributed by atoms with Crippen molar-refractivity contribution >= 4 is 61.7 Å². The summed E-state index contributed by atoms with van der Waals surface area (Å²) in [7, 11) is -4.14. The van der Waals surface area contributed by atoms with Gasteiger partial charge in [0.1, 0.15) is 4.88 Å². The molecule has 5 rings (SSSR count). The van der Waals surface area contributed by atoms with Gasteiger partial charge in [0, 0.05) is 22.6 Å². The fraction of sp³-hybridized carbons (Fsp3) is 0.0400. The Morgan fingerprint density at radius 1 is 1.03 bits per heavy atom. The van der Waals surface area contributed by atoms with Gasteiger partial charge in [-0.05, 0) is 65.5 Å². The third-order valence-corrected chi connectivity index (χ3v) is 8.33. The van der Waals surface area contributed by atoms with Crippen LogP contribution in [-0.4, -0.2) is 20.1 Å². The molecule has 0 radical (unpaired) electrons. The van der Waals surface area contributed by atoms with Crippen molar-refractivity contribution in [2.24, 2.45) is 0 Å². The van der Waals surface area contributed by atoms with E-state index in [0.29, 0.717) is 27.0 Å². The minimum atomic E-state index is -4.14. The summed E-state index contributed by atoms with van der Waals surface area (Å²) >= 11 is 7.15. The highest BCUT2D eigenvalue weighted by molar-refractivity contribution is 7.97. The number of Topliss-reactive ketones (excluding diaryl/α,β-unsaturated/α-hetero) is 1. The number of nitrogens with one attached hydrogen (secondary N) is 2. The molecule has 2 aromatic carbocycles. The zero-order chi connectivity index (χ0) is 25.3. The molecule has 0 fully saturated rings. The second-order valence-corrected chi connectivity index (χ2v) is 10.9. The number of nitrogens with zero attached hydrogens (tertiary/aromatic N) is 1. The number of carbonyl (C=O) groups is 2. The van der Waals surface area contributed by atoms with E-state index in [1.807, 2.05) is 0 Å². The van der Waals surface area contributed by atoms with E-state index in [0.717, 1.165) is 5.56 Å². The quantitative estimate of drug-likeness (QED) is 0.303. The lowest BCUT2D eigenvalue weighted by Crippen LogP contribution is -2.38. The highest BCUT2D eigenvalue weighted by atomic mass is 35.5. The van der Waals surface area contributed by atoms with Gasteiger partial charge in [0.2, 0.25) is 5.78 Å². The van der Waals surface area contributed by atoms with E-state index in [4.69, 9.17) is 16.0 Å². The number of anilines is 3. The summed E-state index contributed by atoms with van der Waals surface area (Å²) < 4.78 is 33.3. The summed E-state index contributed by atoms with van der Waals surface area (Å²) in [6.07, 6.45) is 2.61. The highest BCUT2D eigenvalue weighted by Crippen LogP contribution is 2.39. The Bertz CT molecular complexity index is 1560. The molecular formula is C25H18ClN3O5S2. The number of hydrogen-bond acceptors (Lipinski definition) is 7. The van der Waals surface area contributed by atoms with E-state index < -0.39 is 21.7 Å². The first kappa shape index (κ1) is 23.9. The maximum absolute atomic E-state index is 13.5. The molecule has 1 aliphatic heterocycles. The van der Waals surface area contributed by atoms with Gasteiger partial charge in [-0.3, -0.25) is 13.9 Å². The normalized spacial score (nSPS) is 15.5. The Labute approximate surface area is 215 Å². The van der Waals surface area contributed by atoms with Gasteiger partial charge in [-0.25, -0.2) is 8.42 Å². The number of furan rings is 1. The van der Waals surface area contributed by atoms with E-state index in [2.05, 4.69) is 10.6 Å². The lowest BCUT2D eigenvalue weighted by molar-refractivity contribution is 0.0995. The molecule has 36 heavy (non-hydrogen) atoms. The second-order valence-electron chi connectivity index (χ2n) is 7.76. The number of allylic oxidation sites excluding steroid dienone is 1. The lowest BCUT2D eigenvalue weighted by Gasteiger charge is -2.29. The van der Waals surface area contributed by atoms with Gasteiger partial charge >= 0.3 is 0 Å². The molecule has 2 N–H and O–H groups in total. The molecule has 182 valence electrons. The van der Waals surface area contributed by atoms with Crippen molar-refractivity contribution in [1.29, 1.82) is 0 Å². The predicted molar refractivity (Wildman–Crippen MR) is 140 cm³/mol. The van der Waals surface area contributed by atoms with Crippen LogP contribution < -0.4 is 14.9 Å². The number of ketones is 1. The van der Waals surface area contributed by atoms with Gasteiger partial charge in [0.25, 0.3) is 15.9 Å². The SMILES string of the molecule is O=C(Nc1ccc(NC=C2C(=O)c3sccc3N(Cc3ccc(Cl)cc3)S2(=O)=O)cc1)c1ccco1. The van der Waals surface area contributed by atoms with Crippen LogP contribution in [0.5, 0.6) is 0 Å².